The Kier molecular flexibility index (Phi) is 5.05. The fourth-order valence-electron chi connectivity index (χ4n) is 2.93. The Bertz CT molecular complexity index is 657. The molecule has 0 aliphatic carbocycles. The molecule has 1 amide bonds. The van der Waals surface area contributed by atoms with Crippen molar-refractivity contribution in [3.05, 3.63) is 60.2 Å². The zero-order valence-electron chi connectivity index (χ0n) is 13.2. The van der Waals surface area contributed by atoms with Gasteiger partial charge in [-0.25, -0.2) is 0 Å². The molecule has 1 aliphatic heterocycles. The normalized spacial score (nSPS) is 20.9. The van der Waals surface area contributed by atoms with E-state index in [1.807, 2.05) is 54.6 Å². The number of rotatable bonds is 4. The summed E-state index contributed by atoms with van der Waals surface area (Å²) < 4.78 is 10.9. The molecule has 0 unspecified atom stereocenters. The first-order valence-electron chi connectivity index (χ1n) is 7.85. The van der Waals surface area contributed by atoms with E-state index in [2.05, 4.69) is 5.32 Å². The molecule has 2 aromatic carbocycles. The van der Waals surface area contributed by atoms with Crippen molar-refractivity contribution < 1.29 is 14.3 Å². The highest BCUT2D eigenvalue weighted by Gasteiger charge is 2.27. The molecule has 0 aromatic heterocycles. The van der Waals surface area contributed by atoms with E-state index in [9.17, 15) is 4.79 Å². The van der Waals surface area contributed by atoms with Crippen LogP contribution in [-0.4, -0.2) is 38.4 Å². The molecule has 3 rings (SSSR count). The third kappa shape index (κ3) is 3.60. The molecule has 4 nitrogen and oxygen atoms in total. The molecule has 120 valence electrons. The lowest BCUT2D eigenvalue weighted by Gasteiger charge is -2.31. The molecule has 0 saturated carbocycles. The van der Waals surface area contributed by atoms with Gasteiger partial charge in [-0.2, -0.15) is 0 Å². The van der Waals surface area contributed by atoms with Crippen molar-refractivity contribution in [1.29, 1.82) is 0 Å². The van der Waals surface area contributed by atoms with E-state index in [4.69, 9.17) is 9.47 Å². The van der Waals surface area contributed by atoms with Crippen LogP contribution in [0.25, 0.3) is 11.1 Å². The first-order chi connectivity index (χ1) is 11.3. The highest BCUT2D eigenvalue weighted by atomic mass is 16.5. The van der Waals surface area contributed by atoms with Crippen LogP contribution in [0.3, 0.4) is 0 Å². The van der Waals surface area contributed by atoms with Crippen molar-refractivity contribution in [1.82, 2.24) is 5.32 Å². The number of carbonyl (C=O) groups is 1. The molecule has 1 fully saturated rings. The van der Waals surface area contributed by atoms with Crippen molar-refractivity contribution in [2.24, 2.45) is 0 Å². The monoisotopic (exact) mass is 311 g/mol. The van der Waals surface area contributed by atoms with Gasteiger partial charge in [0.1, 0.15) is 0 Å². The number of ether oxygens (including phenoxy) is 2. The number of amides is 1. The van der Waals surface area contributed by atoms with Gasteiger partial charge in [-0.1, -0.05) is 48.5 Å². The van der Waals surface area contributed by atoms with Crippen LogP contribution in [0.2, 0.25) is 0 Å². The smallest absolute Gasteiger partial charge is 0.252 e. The number of nitrogens with one attached hydrogen (secondary N) is 1. The van der Waals surface area contributed by atoms with Gasteiger partial charge in [0.05, 0.1) is 18.8 Å². The first-order valence-corrected chi connectivity index (χ1v) is 7.85. The van der Waals surface area contributed by atoms with Gasteiger partial charge in [0.15, 0.2) is 0 Å². The molecule has 1 heterocycles. The zero-order valence-corrected chi connectivity index (χ0v) is 13.2. The Balaban J connectivity index is 1.83. The minimum Gasteiger partial charge on any atom is -0.379 e. The Morgan fingerprint density at radius 2 is 1.87 bits per heavy atom. The van der Waals surface area contributed by atoms with E-state index in [0.29, 0.717) is 18.8 Å². The summed E-state index contributed by atoms with van der Waals surface area (Å²) in [5.74, 6) is -0.0954. The molecule has 1 aliphatic rings. The van der Waals surface area contributed by atoms with E-state index in [0.717, 1.165) is 17.5 Å². The van der Waals surface area contributed by atoms with E-state index >= 15 is 0 Å². The highest BCUT2D eigenvalue weighted by molar-refractivity contribution is 6.01. The maximum Gasteiger partial charge on any atom is 0.252 e. The van der Waals surface area contributed by atoms with Crippen LogP contribution in [0.4, 0.5) is 0 Å². The van der Waals surface area contributed by atoms with Crippen molar-refractivity contribution in [3.63, 3.8) is 0 Å². The number of hydrogen-bond donors (Lipinski definition) is 1. The second kappa shape index (κ2) is 7.40. The summed E-state index contributed by atoms with van der Waals surface area (Å²) in [7, 11) is 1.67. The van der Waals surface area contributed by atoms with Crippen molar-refractivity contribution >= 4 is 5.91 Å². The quantitative estimate of drug-likeness (QED) is 0.944. The highest BCUT2D eigenvalue weighted by Crippen LogP contribution is 2.23. The molecular weight excluding hydrogens is 290 g/mol. The van der Waals surface area contributed by atoms with Gasteiger partial charge >= 0.3 is 0 Å². The molecule has 2 aromatic rings. The number of methoxy groups -OCH3 is 1. The average molecular weight is 311 g/mol. The largest absolute Gasteiger partial charge is 0.379 e. The lowest BCUT2D eigenvalue weighted by atomic mass is 9.98. The van der Waals surface area contributed by atoms with Crippen LogP contribution >= 0.6 is 0 Å². The van der Waals surface area contributed by atoms with Crippen molar-refractivity contribution in [2.45, 2.75) is 18.6 Å². The molecule has 2 atom stereocenters. The maximum atomic E-state index is 12.7. The molecule has 0 bridgehead atoms. The van der Waals surface area contributed by atoms with Gasteiger partial charge in [0.25, 0.3) is 5.91 Å². The van der Waals surface area contributed by atoms with E-state index in [-0.39, 0.29) is 18.1 Å². The van der Waals surface area contributed by atoms with Crippen LogP contribution in [0.5, 0.6) is 0 Å². The fraction of sp³-hybridized carbons (Fsp3) is 0.316. The molecular formula is C19H21NO3. The van der Waals surface area contributed by atoms with Crippen molar-refractivity contribution in [2.75, 3.05) is 20.3 Å². The molecule has 23 heavy (non-hydrogen) atoms. The number of hydrogen-bond acceptors (Lipinski definition) is 3. The molecule has 1 saturated heterocycles. The van der Waals surface area contributed by atoms with Gasteiger partial charge in [-0.3, -0.25) is 4.79 Å². The average Bonchev–Trinajstić information content (AvgIpc) is 2.63. The Morgan fingerprint density at radius 1 is 1.13 bits per heavy atom. The summed E-state index contributed by atoms with van der Waals surface area (Å²) in [6.45, 7) is 1.16. The fourth-order valence-corrected chi connectivity index (χ4v) is 2.93. The van der Waals surface area contributed by atoms with Gasteiger partial charge in [-0.05, 0) is 23.6 Å². The Hall–Kier alpha value is -2.17. The lowest BCUT2D eigenvalue weighted by molar-refractivity contribution is -0.0349. The summed E-state index contributed by atoms with van der Waals surface area (Å²) in [5.41, 5.74) is 2.62. The maximum absolute atomic E-state index is 12.7. The molecule has 0 spiro atoms. The molecule has 0 radical (unpaired) electrons. The van der Waals surface area contributed by atoms with Crippen LogP contribution in [-0.2, 0) is 9.47 Å². The van der Waals surface area contributed by atoms with Gasteiger partial charge < -0.3 is 14.8 Å². The predicted molar refractivity (Wildman–Crippen MR) is 89.4 cm³/mol. The van der Waals surface area contributed by atoms with Crippen LogP contribution in [0.15, 0.2) is 54.6 Å². The van der Waals surface area contributed by atoms with Gasteiger partial charge in [-0.15, -0.1) is 0 Å². The minimum atomic E-state index is -0.120. The third-order valence-electron chi connectivity index (χ3n) is 4.17. The van der Waals surface area contributed by atoms with Crippen LogP contribution in [0, 0.1) is 0 Å². The standard InChI is InChI=1S/C19H21NO3/c1-22-18-11-12-23-13-17(18)20-19(21)16-10-6-5-9-15(16)14-7-3-2-4-8-14/h2-10,17-18H,11-13H2,1H3,(H,20,21)/t17-,18-/m0/s1. The first kappa shape index (κ1) is 15.7. The topological polar surface area (TPSA) is 47.6 Å². The third-order valence-corrected chi connectivity index (χ3v) is 4.17. The predicted octanol–water partition coefficient (Wildman–Crippen LogP) is 2.89. The second-order valence-electron chi connectivity index (χ2n) is 5.63. The minimum absolute atomic E-state index is 0.00316. The van der Waals surface area contributed by atoms with E-state index < -0.39 is 0 Å². The molecule has 1 N–H and O–H groups in total. The lowest BCUT2D eigenvalue weighted by Crippen LogP contribution is -2.50. The Morgan fingerprint density at radius 3 is 2.65 bits per heavy atom. The zero-order chi connectivity index (χ0) is 16.1. The number of benzene rings is 2. The summed E-state index contributed by atoms with van der Waals surface area (Å²) in [5, 5.41) is 3.06. The van der Waals surface area contributed by atoms with E-state index in [1.165, 1.54) is 0 Å². The van der Waals surface area contributed by atoms with Gasteiger partial charge in [0, 0.05) is 19.3 Å². The SMILES string of the molecule is CO[C@H]1CCOC[C@@H]1NC(=O)c1ccccc1-c1ccccc1. The van der Waals surface area contributed by atoms with Gasteiger partial charge in [0.2, 0.25) is 0 Å². The Labute approximate surface area is 136 Å². The molecule has 4 heteroatoms. The summed E-state index contributed by atoms with van der Waals surface area (Å²) in [6.07, 6.45) is 0.790. The summed E-state index contributed by atoms with van der Waals surface area (Å²) >= 11 is 0. The second-order valence-corrected chi connectivity index (χ2v) is 5.63. The summed E-state index contributed by atoms with van der Waals surface area (Å²) in [4.78, 5) is 12.7. The van der Waals surface area contributed by atoms with Crippen molar-refractivity contribution in [3.8, 4) is 11.1 Å². The van der Waals surface area contributed by atoms with E-state index in [1.54, 1.807) is 7.11 Å². The van der Waals surface area contributed by atoms with Crippen LogP contribution < -0.4 is 5.32 Å². The van der Waals surface area contributed by atoms with Crippen LogP contribution in [0.1, 0.15) is 16.8 Å². The number of carbonyl (C=O) groups excluding carboxylic acids is 1. The summed E-state index contributed by atoms with van der Waals surface area (Å²) in [6, 6.07) is 17.5.